The number of hydrogen-bond donors (Lipinski definition) is 3. The van der Waals surface area contributed by atoms with E-state index >= 15 is 0 Å². The molecule has 7 nitrogen and oxygen atoms in total. The number of carboxylic acids is 1. The second-order valence-corrected chi connectivity index (χ2v) is 4.20. The lowest BCUT2D eigenvalue weighted by Gasteiger charge is -2.08. The normalized spacial score (nSPS) is 12.1. The van der Waals surface area contributed by atoms with Crippen LogP contribution in [0.5, 0.6) is 0 Å². The minimum absolute atomic E-state index is 0.0297. The van der Waals surface area contributed by atoms with Crippen LogP contribution in [-0.2, 0) is 11.3 Å². The van der Waals surface area contributed by atoms with Crippen molar-refractivity contribution in [2.75, 3.05) is 13.1 Å². The van der Waals surface area contributed by atoms with Crippen molar-refractivity contribution < 1.29 is 14.7 Å². The van der Waals surface area contributed by atoms with E-state index in [0.29, 0.717) is 25.3 Å². The lowest BCUT2D eigenvalue weighted by Crippen LogP contribution is -2.29. The van der Waals surface area contributed by atoms with Crippen LogP contribution in [-0.4, -0.2) is 39.6 Å². The van der Waals surface area contributed by atoms with Gasteiger partial charge in [-0.2, -0.15) is 0 Å². The summed E-state index contributed by atoms with van der Waals surface area (Å²) in [5.74, 6) is -1.29. The Morgan fingerprint density at radius 3 is 2.94 bits per heavy atom. The lowest BCUT2D eigenvalue weighted by molar-refractivity contribution is -0.137. The minimum atomic E-state index is -0.871. The first kappa shape index (κ1) is 14.2. The number of nitrogens with zero attached hydrogens (tertiary/aromatic N) is 2. The van der Waals surface area contributed by atoms with Gasteiger partial charge in [0.2, 0.25) is 0 Å². The van der Waals surface area contributed by atoms with E-state index in [0.717, 1.165) is 0 Å². The fourth-order valence-corrected chi connectivity index (χ4v) is 1.48. The number of imidazole rings is 1. The van der Waals surface area contributed by atoms with Crippen LogP contribution in [0, 0.1) is 5.92 Å². The molecule has 0 radical (unpaired) electrons. The Hall–Kier alpha value is -1.89. The first-order valence-electron chi connectivity index (χ1n) is 5.74. The second kappa shape index (κ2) is 6.75. The summed E-state index contributed by atoms with van der Waals surface area (Å²) >= 11 is 0. The Morgan fingerprint density at radius 1 is 1.61 bits per heavy atom. The smallest absolute Gasteiger partial charge is 0.303 e. The molecule has 1 aromatic rings. The van der Waals surface area contributed by atoms with Gasteiger partial charge in [0.05, 0.1) is 6.33 Å². The molecule has 18 heavy (non-hydrogen) atoms. The minimum Gasteiger partial charge on any atom is -0.481 e. The highest BCUT2D eigenvalue weighted by Gasteiger charge is 2.12. The quantitative estimate of drug-likeness (QED) is 0.617. The topological polar surface area (TPSA) is 110 Å². The second-order valence-electron chi connectivity index (χ2n) is 4.20. The number of nitrogens with two attached hydrogens (primary N) is 1. The van der Waals surface area contributed by atoms with Crippen molar-refractivity contribution in [3.8, 4) is 0 Å². The van der Waals surface area contributed by atoms with Crippen molar-refractivity contribution in [3.63, 3.8) is 0 Å². The molecular formula is C11H18N4O3. The van der Waals surface area contributed by atoms with Crippen molar-refractivity contribution in [2.24, 2.45) is 11.7 Å². The lowest BCUT2D eigenvalue weighted by atomic mass is 10.1. The summed E-state index contributed by atoms with van der Waals surface area (Å²) in [7, 11) is 0. The summed E-state index contributed by atoms with van der Waals surface area (Å²) in [6.45, 7) is 3.17. The van der Waals surface area contributed by atoms with Gasteiger partial charge in [0.1, 0.15) is 5.69 Å². The van der Waals surface area contributed by atoms with E-state index in [2.05, 4.69) is 10.3 Å². The third-order valence-electron chi connectivity index (χ3n) is 2.39. The Labute approximate surface area is 105 Å². The van der Waals surface area contributed by atoms with Crippen molar-refractivity contribution in [1.82, 2.24) is 14.9 Å². The number of hydrogen-bond acceptors (Lipinski definition) is 4. The summed E-state index contributed by atoms with van der Waals surface area (Å²) in [5.41, 5.74) is 5.70. The number of aromatic nitrogens is 2. The van der Waals surface area contributed by atoms with Gasteiger partial charge in [0.15, 0.2) is 0 Å². The fourth-order valence-electron chi connectivity index (χ4n) is 1.48. The SMILES string of the molecule is CC(CNC(=O)c1cn(CCN)cn1)CC(=O)O. The van der Waals surface area contributed by atoms with Crippen LogP contribution < -0.4 is 11.1 Å². The summed E-state index contributed by atoms with van der Waals surface area (Å²) in [6, 6.07) is 0. The molecule has 0 aliphatic heterocycles. The highest BCUT2D eigenvalue weighted by Crippen LogP contribution is 2.01. The molecule has 0 saturated carbocycles. The predicted octanol–water partition coefficient (Wildman–Crippen LogP) is -0.318. The Bertz CT molecular complexity index is 416. The highest BCUT2D eigenvalue weighted by atomic mass is 16.4. The molecule has 0 fully saturated rings. The van der Waals surface area contributed by atoms with Crippen LogP contribution in [0.3, 0.4) is 0 Å². The third-order valence-corrected chi connectivity index (χ3v) is 2.39. The predicted molar refractivity (Wildman–Crippen MR) is 65.0 cm³/mol. The molecule has 1 rings (SSSR count). The summed E-state index contributed by atoms with van der Waals surface area (Å²) in [4.78, 5) is 26.1. The molecular weight excluding hydrogens is 236 g/mol. The van der Waals surface area contributed by atoms with Crippen LogP contribution in [0.15, 0.2) is 12.5 Å². The fraction of sp³-hybridized carbons (Fsp3) is 0.545. The van der Waals surface area contributed by atoms with Gasteiger partial charge in [-0.1, -0.05) is 6.92 Å². The number of nitrogens with one attached hydrogen (secondary N) is 1. The van der Waals surface area contributed by atoms with E-state index in [-0.39, 0.29) is 18.2 Å². The molecule has 0 bridgehead atoms. The van der Waals surface area contributed by atoms with Crippen LogP contribution in [0.25, 0.3) is 0 Å². The largest absolute Gasteiger partial charge is 0.481 e. The Kier molecular flexibility index (Phi) is 5.31. The van der Waals surface area contributed by atoms with Gasteiger partial charge < -0.3 is 20.7 Å². The van der Waals surface area contributed by atoms with Gasteiger partial charge in [0.25, 0.3) is 5.91 Å². The van der Waals surface area contributed by atoms with Gasteiger partial charge in [-0.05, 0) is 5.92 Å². The van der Waals surface area contributed by atoms with E-state index in [1.165, 1.54) is 0 Å². The first-order valence-corrected chi connectivity index (χ1v) is 5.74. The summed E-state index contributed by atoms with van der Waals surface area (Å²) < 4.78 is 1.73. The molecule has 0 aromatic carbocycles. The molecule has 0 aliphatic rings. The molecule has 7 heteroatoms. The Morgan fingerprint density at radius 2 is 2.33 bits per heavy atom. The Balaban J connectivity index is 2.42. The van der Waals surface area contributed by atoms with E-state index in [4.69, 9.17) is 10.8 Å². The van der Waals surface area contributed by atoms with Crippen LogP contribution in [0.1, 0.15) is 23.8 Å². The molecule has 1 unspecified atom stereocenters. The molecule has 1 aromatic heterocycles. The maximum absolute atomic E-state index is 11.7. The van der Waals surface area contributed by atoms with Crippen molar-refractivity contribution in [3.05, 3.63) is 18.2 Å². The van der Waals surface area contributed by atoms with E-state index < -0.39 is 5.97 Å². The van der Waals surface area contributed by atoms with Gasteiger partial charge in [-0.25, -0.2) is 4.98 Å². The standard InChI is InChI=1S/C11H18N4O3/c1-8(4-10(16)17)5-13-11(18)9-6-15(3-2-12)7-14-9/h6-8H,2-5,12H2,1H3,(H,13,18)(H,16,17). The average molecular weight is 254 g/mol. The molecule has 100 valence electrons. The van der Waals surface area contributed by atoms with E-state index in [9.17, 15) is 9.59 Å². The summed E-state index contributed by atoms with van der Waals surface area (Å²) in [5, 5.41) is 11.2. The number of carboxylic acid groups (broad SMARTS) is 1. The number of carbonyl (C=O) groups is 2. The molecule has 0 spiro atoms. The van der Waals surface area contributed by atoms with Crippen molar-refractivity contribution in [2.45, 2.75) is 19.9 Å². The number of carbonyl (C=O) groups excluding carboxylic acids is 1. The van der Waals surface area contributed by atoms with Crippen LogP contribution in [0.4, 0.5) is 0 Å². The number of aliphatic carboxylic acids is 1. The number of amides is 1. The first-order chi connectivity index (χ1) is 8.52. The van der Waals surface area contributed by atoms with E-state index in [1.54, 1.807) is 24.0 Å². The van der Waals surface area contributed by atoms with Gasteiger partial charge >= 0.3 is 5.97 Å². The van der Waals surface area contributed by atoms with E-state index in [1.807, 2.05) is 0 Å². The van der Waals surface area contributed by atoms with Gasteiger partial charge in [0, 0.05) is 32.3 Å². The maximum atomic E-state index is 11.7. The van der Waals surface area contributed by atoms with Crippen LogP contribution >= 0.6 is 0 Å². The third kappa shape index (κ3) is 4.54. The molecule has 0 saturated heterocycles. The zero-order valence-electron chi connectivity index (χ0n) is 10.3. The average Bonchev–Trinajstić information content (AvgIpc) is 2.74. The molecule has 1 amide bonds. The van der Waals surface area contributed by atoms with Crippen LogP contribution in [0.2, 0.25) is 0 Å². The monoisotopic (exact) mass is 254 g/mol. The highest BCUT2D eigenvalue weighted by molar-refractivity contribution is 5.92. The van der Waals surface area contributed by atoms with Gasteiger partial charge in [-0.3, -0.25) is 9.59 Å². The maximum Gasteiger partial charge on any atom is 0.303 e. The zero-order valence-corrected chi connectivity index (χ0v) is 10.3. The molecule has 1 atom stereocenters. The molecule has 1 heterocycles. The van der Waals surface area contributed by atoms with Crippen molar-refractivity contribution in [1.29, 1.82) is 0 Å². The van der Waals surface area contributed by atoms with Gasteiger partial charge in [-0.15, -0.1) is 0 Å². The zero-order chi connectivity index (χ0) is 13.5. The molecule has 0 aliphatic carbocycles. The number of rotatable bonds is 7. The molecule has 4 N–H and O–H groups in total. The van der Waals surface area contributed by atoms with Crippen molar-refractivity contribution >= 4 is 11.9 Å². The summed E-state index contributed by atoms with van der Waals surface area (Å²) in [6.07, 6.45) is 3.19.